The van der Waals surface area contributed by atoms with E-state index in [0.717, 1.165) is 18.4 Å². The van der Waals surface area contributed by atoms with Crippen LogP contribution in [-0.4, -0.2) is 28.4 Å². The highest BCUT2D eigenvalue weighted by molar-refractivity contribution is 5.80. The Morgan fingerprint density at radius 3 is 2.53 bits per heavy atom. The summed E-state index contributed by atoms with van der Waals surface area (Å²) >= 11 is 0. The molecule has 1 amide bonds. The quantitative estimate of drug-likeness (QED) is 0.849. The van der Waals surface area contributed by atoms with Crippen molar-refractivity contribution >= 4 is 5.91 Å². The summed E-state index contributed by atoms with van der Waals surface area (Å²) in [6.45, 7) is 5.23. The van der Waals surface area contributed by atoms with Gasteiger partial charge in [-0.2, -0.15) is 0 Å². The third-order valence-electron chi connectivity index (χ3n) is 3.75. The van der Waals surface area contributed by atoms with Crippen molar-refractivity contribution in [1.82, 2.24) is 9.88 Å². The van der Waals surface area contributed by atoms with Gasteiger partial charge in [0.05, 0.1) is 5.92 Å². The van der Waals surface area contributed by atoms with Crippen LogP contribution in [0.3, 0.4) is 0 Å². The summed E-state index contributed by atoms with van der Waals surface area (Å²) in [4.78, 5) is 18.7. The summed E-state index contributed by atoms with van der Waals surface area (Å²) in [5.74, 6) is 0.426. The normalized spacial score (nSPS) is 16.4. The Labute approximate surface area is 115 Å². The molecule has 1 heterocycles. The zero-order valence-electron chi connectivity index (χ0n) is 11.7. The van der Waals surface area contributed by atoms with E-state index in [1.165, 1.54) is 0 Å². The van der Waals surface area contributed by atoms with Gasteiger partial charge >= 0.3 is 0 Å². The van der Waals surface area contributed by atoms with Crippen molar-refractivity contribution in [3.05, 3.63) is 30.1 Å². The second-order valence-electron chi connectivity index (χ2n) is 5.64. The molecule has 0 saturated heterocycles. The van der Waals surface area contributed by atoms with Crippen LogP contribution in [0.15, 0.2) is 24.5 Å². The highest BCUT2D eigenvalue weighted by Crippen LogP contribution is 2.30. The third kappa shape index (κ3) is 3.53. The molecule has 0 radical (unpaired) electrons. The minimum atomic E-state index is -0.0672. The lowest BCUT2D eigenvalue weighted by Crippen LogP contribution is -2.42. The molecule has 1 aromatic heterocycles. The van der Waals surface area contributed by atoms with E-state index in [0.29, 0.717) is 19.1 Å². The van der Waals surface area contributed by atoms with Gasteiger partial charge in [0.15, 0.2) is 0 Å². The molecule has 1 aromatic rings. The van der Waals surface area contributed by atoms with Crippen molar-refractivity contribution in [2.75, 3.05) is 6.54 Å². The molecule has 4 heteroatoms. The maximum Gasteiger partial charge on any atom is 0.227 e. The fourth-order valence-electron chi connectivity index (χ4n) is 2.33. The second kappa shape index (κ2) is 6.15. The zero-order valence-corrected chi connectivity index (χ0v) is 11.7. The number of carbonyl (C=O) groups excluding carboxylic acids is 1. The van der Waals surface area contributed by atoms with Gasteiger partial charge in [0, 0.05) is 31.5 Å². The number of rotatable bonds is 6. The van der Waals surface area contributed by atoms with E-state index in [9.17, 15) is 4.79 Å². The molecule has 2 N–H and O–H groups in total. The van der Waals surface area contributed by atoms with Crippen LogP contribution in [-0.2, 0) is 11.3 Å². The number of hydrogen-bond acceptors (Lipinski definition) is 3. The van der Waals surface area contributed by atoms with Crippen LogP contribution < -0.4 is 5.73 Å². The summed E-state index contributed by atoms with van der Waals surface area (Å²) < 4.78 is 0. The topological polar surface area (TPSA) is 59.2 Å². The highest BCUT2D eigenvalue weighted by Gasteiger charge is 2.36. The zero-order chi connectivity index (χ0) is 13.8. The molecule has 0 bridgehead atoms. The van der Waals surface area contributed by atoms with Crippen molar-refractivity contribution < 1.29 is 4.79 Å². The van der Waals surface area contributed by atoms with Crippen LogP contribution in [0.25, 0.3) is 0 Å². The minimum absolute atomic E-state index is 0.0672. The molecule has 1 aliphatic carbocycles. The highest BCUT2D eigenvalue weighted by atomic mass is 16.2. The summed E-state index contributed by atoms with van der Waals surface area (Å²) in [5.41, 5.74) is 6.90. The number of nitrogens with zero attached hydrogens (tertiary/aromatic N) is 2. The van der Waals surface area contributed by atoms with Crippen molar-refractivity contribution in [2.24, 2.45) is 17.6 Å². The Morgan fingerprint density at radius 1 is 1.42 bits per heavy atom. The van der Waals surface area contributed by atoms with Gasteiger partial charge in [-0.3, -0.25) is 9.78 Å². The average molecular weight is 261 g/mol. The van der Waals surface area contributed by atoms with Crippen molar-refractivity contribution in [3.8, 4) is 0 Å². The number of hydrogen-bond donors (Lipinski definition) is 1. The first-order valence-corrected chi connectivity index (χ1v) is 7.03. The van der Waals surface area contributed by atoms with Crippen LogP contribution >= 0.6 is 0 Å². The molecule has 1 fully saturated rings. The standard InChI is InChI=1S/C15H23N3O/c1-11(2)14(9-16)15(19)18(13-3-4-13)10-12-5-7-17-8-6-12/h5-8,11,13-14H,3-4,9-10,16H2,1-2H3. The Balaban J connectivity index is 2.09. The Hall–Kier alpha value is -1.42. The third-order valence-corrected chi connectivity index (χ3v) is 3.75. The summed E-state index contributed by atoms with van der Waals surface area (Å²) in [5, 5.41) is 0. The van der Waals surface area contributed by atoms with Crippen molar-refractivity contribution in [3.63, 3.8) is 0 Å². The van der Waals surface area contributed by atoms with Gasteiger partial charge in [-0.15, -0.1) is 0 Å². The van der Waals surface area contributed by atoms with Gasteiger partial charge in [0.2, 0.25) is 5.91 Å². The van der Waals surface area contributed by atoms with E-state index in [2.05, 4.69) is 18.8 Å². The molecule has 0 aromatic carbocycles. The monoisotopic (exact) mass is 261 g/mol. The van der Waals surface area contributed by atoms with Crippen LogP contribution in [0, 0.1) is 11.8 Å². The van der Waals surface area contributed by atoms with Gasteiger partial charge in [0.1, 0.15) is 0 Å². The predicted octanol–water partition coefficient (Wildman–Crippen LogP) is 1.80. The average Bonchev–Trinajstić information content (AvgIpc) is 3.21. The van der Waals surface area contributed by atoms with Gasteiger partial charge in [-0.05, 0) is 36.5 Å². The van der Waals surface area contributed by atoms with Gasteiger partial charge in [-0.25, -0.2) is 0 Å². The Bertz CT molecular complexity index is 415. The van der Waals surface area contributed by atoms with E-state index < -0.39 is 0 Å². The van der Waals surface area contributed by atoms with E-state index in [1.54, 1.807) is 12.4 Å². The molecule has 19 heavy (non-hydrogen) atoms. The molecular formula is C15H23N3O. The molecule has 0 spiro atoms. The predicted molar refractivity (Wildman–Crippen MR) is 75.2 cm³/mol. The summed E-state index contributed by atoms with van der Waals surface area (Å²) in [7, 11) is 0. The summed E-state index contributed by atoms with van der Waals surface area (Å²) in [6, 6.07) is 4.35. The number of carbonyl (C=O) groups is 1. The number of amides is 1. The molecule has 1 saturated carbocycles. The smallest absolute Gasteiger partial charge is 0.227 e. The van der Waals surface area contributed by atoms with Crippen molar-refractivity contribution in [2.45, 2.75) is 39.3 Å². The van der Waals surface area contributed by atoms with Gasteiger partial charge in [0.25, 0.3) is 0 Å². The van der Waals surface area contributed by atoms with Crippen LogP contribution in [0.4, 0.5) is 0 Å². The lowest BCUT2D eigenvalue weighted by molar-refractivity contribution is -0.137. The maximum absolute atomic E-state index is 12.6. The lowest BCUT2D eigenvalue weighted by Gasteiger charge is -2.28. The first-order chi connectivity index (χ1) is 9.13. The molecule has 1 atom stereocenters. The number of pyridine rings is 1. The molecule has 104 valence electrons. The first kappa shape index (κ1) is 14.0. The lowest BCUT2D eigenvalue weighted by atomic mass is 9.94. The first-order valence-electron chi connectivity index (χ1n) is 7.03. The van der Waals surface area contributed by atoms with Crippen LogP contribution in [0.2, 0.25) is 0 Å². The molecule has 1 unspecified atom stereocenters. The van der Waals surface area contributed by atoms with E-state index in [4.69, 9.17) is 5.73 Å². The van der Waals surface area contributed by atoms with Crippen LogP contribution in [0.5, 0.6) is 0 Å². The molecule has 1 aliphatic rings. The fourth-order valence-corrected chi connectivity index (χ4v) is 2.33. The van der Waals surface area contributed by atoms with E-state index in [1.807, 2.05) is 17.0 Å². The summed E-state index contributed by atoms with van der Waals surface area (Å²) in [6.07, 6.45) is 5.78. The molecule has 4 nitrogen and oxygen atoms in total. The number of nitrogens with two attached hydrogens (primary N) is 1. The fraction of sp³-hybridized carbons (Fsp3) is 0.600. The minimum Gasteiger partial charge on any atom is -0.335 e. The number of aromatic nitrogens is 1. The maximum atomic E-state index is 12.6. The van der Waals surface area contributed by atoms with E-state index in [-0.39, 0.29) is 17.7 Å². The Kier molecular flexibility index (Phi) is 4.53. The van der Waals surface area contributed by atoms with Crippen LogP contribution in [0.1, 0.15) is 32.3 Å². The molecule has 2 rings (SSSR count). The van der Waals surface area contributed by atoms with Crippen molar-refractivity contribution in [1.29, 1.82) is 0 Å². The molecule has 0 aliphatic heterocycles. The Morgan fingerprint density at radius 2 is 2.05 bits per heavy atom. The largest absolute Gasteiger partial charge is 0.335 e. The molecular weight excluding hydrogens is 238 g/mol. The van der Waals surface area contributed by atoms with Gasteiger partial charge in [-0.1, -0.05) is 13.8 Å². The SMILES string of the molecule is CC(C)C(CN)C(=O)N(Cc1ccncc1)C1CC1. The van der Waals surface area contributed by atoms with Gasteiger partial charge < -0.3 is 10.6 Å². The second-order valence-corrected chi connectivity index (χ2v) is 5.64. The van der Waals surface area contributed by atoms with E-state index >= 15 is 0 Å².